The molecule has 0 saturated carbocycles. The fourth-order valence-corrected chi connectivity index (χ4v) is 2.03. The van der Waals surface area contributed by atoms with Crippen molar-refractivity contribution >= 4 is 0 Å². The van der Waals surface area contributed by atoms with Crippen LogP contribution in [-0.2, 0) is 0 Å². The summed E-state index contributed by atoms with van der Waals surface area (Å²) in [4.78, 5) is 2.50. The van der Waals surface area contributed by atoms with Crippen LogP contribution in [0, 0.1) is 5.92 Å². The predicted octanol–water partition coefficient (Wildman–Crippen LogP) is 1.66. The number of rotatable bonds is 6. The highest BCUT2D eigenvalue weighted by Gasteiger charge is 2.15. The van der Waals surface area contributed by atoms with Crippen LogP contribution in [0.4, 0.5) is 0 Å². The van der Waals surface area contributed by atoms with Crippen molar-refractivity contribution in [1.29, 1.82) is 0 Å². The predicted molar refractivity (Wildman–Crippen MR) is 55.7 cm³/mol. The Hall–Kier alpha value is -0.340. The van der Waals surface area contributed by atoms with Gasteiger partial charge >= 0.3 is 0 Å². The van der Waals surface area contributed by atoms with E-state index in [1.165, 1.54) is 25.9 Å². The van der Waals surface area contributed by atoms with Gasteiger partial charge in [0.05, 0.1) is 0 Å². The summed E-state index contributed by atoms with van der Waals surface area (Å²) in [5.41, 5.74) is 0. The first-order valence-corrected chi connectivity index (χ1v) is 5.31. The molecule has 76 valence electrons. The maximum Gasteiger partial charge on any atom is 0.0434 e. The second kappa shape index (κ2) is 6.17. The van der Waals surface area contributed by atoms with Gasteiger partial charge in [-0.25, -0.2) is 0 Å². The zero-order valence-corrected chi connectivity index (χ0v) is 8.41. The molecule has 1 saturated heterocycles. The Balaban J connectivity index is 2.22. The van der Waals surface area contributed by atoms with Gasteiger partial charge in [0.15, 0.2) is 0 Å². The van der Waals surface area contributed by atoms with Crippen LogP contribution in [-0.4, -0.2) is 36.2 Å². The summed E-state index contributed by atoms with van der Waals surface area (Å²) in [6, 6.07) is 0. The summed E-state index contributed by atoms with van der Waals surface area (Å²) in [6.07, 6.45) is 6.62. The van der Waals surface area contributed by atoms with Crippen LogP contribution in [0.2, 0.25) is 0 Å². The van der Waals surface area contributed by atoms with E-state index in [1.54, 1.807) is 0 Å². The number of hydrogen-bond acceptors (Lipinski definition) is 2. The zero-order valence-electron chi connectivity index (χ0n) is 8.41. The molecule has 0 aromatic heterocycles. The number of aliphatic hydroxyl groups is 1. The van der Waals surface area contributed by atoms with Gasteiger partial charge in [-0.05, 0) is 44.7 Å². The van der Waals surface area contributed by atoms with Gasteiger partial charge in [0, 0.05) is 13.2 Å². The number of aliphatic hydroxyl groups excluding tert-OH is 1. The smallest absolute Gasteiger partial charge is 0.0434 e. The first kappa shape index (κ1) is 10.7. The molecule has 1 rings (SSSR count). The van der Waals surface area contributed by atoms with Crippen molar-refractivity contribution in [3.8, 4) is 0 Å². The lowest BCUT2D eigenvalue weighted by molar-refractivity contribution is 0.216. The first-order chi connectivity index (χ1) is 6.36. The number of likely N-dealkylation sites (tertiary alicyclic amines) is 1. The zero-order chi connectivity index (χ0) is 9.52. The quantitative estimate of drug-likeness (QED) is 0.633. The van der Waals surface area contributed by atoms with Crippen molar-refractivity contribution in [1.82, 2.24) is 4.90 Å². The average molecular weight is 183 g/mol. The van der Waals surface area contributed by atoms with E-state index < -0.39 is 0 Å². The molecule has 0 aliphatic carbocycles. The van der Waals surface area contributed by atoms with Crippen molar-refractivity contribution in [2.24, 2.45) is 5.92 Å². The molecule has 1 aliphatic heterocycles. The Kier molecular flexibility index (Phi) is 5.09. The third-order valence-corrected chi connectivity index (χ3v) is 2.75. The molecule has 2 heteroatoms. The van der Waals surface area contributed by atoms with E-state index in [1.807, 2.05) is 6.08 Å². The molecule has 0 aromatic rings. The minimum atomic E-state index is 0.312. The summed E-state index contributed by atoms with van der Waals surface area (Å²) >= 11 is 0. The number of nitrogens with zero attached hydrogens (tertiary/aromatic N) is 1. The summed E-state index contributed by atoms with van der Waals surface area (Å²) in [7, 11) is 0. The van der Waals surface area contributed by atoms with E-state index in [0.717, 1.165) is 19.4 Å². The maximum absolute atomic E-state index is 8.88. The molecule has 13 heavy (non-hydrogen) atoms. The van der Waals surface area contributed by atoms with Crippen molar-refractivity contribution in [2.75, 3.05) is 26.2 Å². The van der Waals surface area contributed by atoms with Gasteiger partial charge in [-0.1, -0.05) is 6.08 Å². The van der Waals surface area contributed by atoms with Gasteiger partial charge in [0.25, 0.3) is 0 Å². The molecule has 2 nitrogen and oxygen atoms in total. The van der Waals surface area contributed by atoms with Crippen molar-refractivity contribution in [2.45, 2.75) is 25.7 Å². The molecular formula is C11H21NO. The van der Waals surface area contributed by atoms with Crippen LogP contribution in [0.15, 0.2) is 12.7 Å². The first-order valence-electron chi connectivity index (χ1n) is 5.31. The SMILES string of the molecule is C=CCC(CCO)CN1CCCC1. The van der Waals surface area contributed by atoms with E-state index in [0.29, 0.717) is 12.5 Å². The second-order valence-corrected chi connectivity index (χ2v) is 3.91. The minimum absolute atomic E-state index is 0.312. The Labute approximate surface area is 81.2 Å². The summed E-state index contributed by atoms with van der Waals surface area (Å²) in [6.45, 7) is 7.71. The normalized spacial score (nSPS) is 20.4. The van der Waals surface area contributed by atoms with Gasteiger partial charge in [0.2, 0.25) is 0 Å². The third kappa shape index (κ3) is 3.92. The Morgan fingerprint density at radius 3 is 2.62 bits per heavy atom. The highest BCUT2D eigenvalue weighted by molar-refractivity contribution is 4.77. The molecule has 1 fully saturated rings. The van der Waals surface area contributed by atoms with Crippen molar-refractivity contribution in [3.05, 3.63) is 12.7 Å². The lowest BCUT2D eigenvalue weighted by Gasteiger charge is -2.21. The van der Waals surface area contributed by atoms with Crippen LogP contribution in [0.25, 0.3) is 0 Å². The summed E-state index contributed by atoms with van der Waals surface area (Å²) in [5.74, 6) is 0.612. The number of hydrogen-bond donors (Lipinski definition) is 1. The monoisotopic (exact) mass is 183 g/mol. The molecule has 1 N–H and O–H groups in total. The third-order valence-electron chi connectivity index (χ3n) is 2.75. The van der Waals surface area contributed by atoms with E-state index >= 15 is 0 Å². The van der Waals surface area contributed by atoms with E-state index in [9.17, 15) is 0 Å². The van der Waals surface area contributed by atoms with Gasteiger partial charge in [-0.3, -0.25) is 0 Å². The largest absolute Gasteiger partial charge is 0.396 e. The highest BCUT2D eigenvalue weighted by Crippen LogP contribution is 2.15. The van der Waals surface area contributed by atoms with Gasteiger partial charge in [-0.15, -0.1) is 6.58 Å². The maximum atomic E-state index is 8.88. The van der Waals surface area contributed by atoms with Crippen LogP contribution in [0.5, 0.6) is 0 Å². The highest BCUT2D eigenvalue weighted by atomic mass is 16.3. The Morgan fingerprint density at radius 2 is 2.08 bits per heavy atom. The molecule has 0 amide bonds. The topological polar surface area (TPSA) is 23.5 Å². The van der Waals surface area contributed by atoms with E-state index in [-0.39, 0.29) is 0 Å². The van der Waals surface area contributed by atoms with Gasteiger partial charge < -0.3 is 10.0 Å². The molecule has 1 atom stereocenters. The summed E-state index contributed by atoms with van der Waals surface area (Å²) in [5, 5.41) is 8.88. The molecule has 0 radical (unpaired) electrons. The number of allylic oxidation sites excluding steroid dienone is 1. The molecule has 1 aliphatic rings. The van der Waals surface area contributed by atoms with Crippen molar-refractivity contribution < 1.29 is 5.11 Å². The van der Waals surface area contributed by atoms with Crippen LogP contribution < -0.4 is 0 Å². The fraction of sp³-hybridized carbons (Fsp3) is 0.818. The molecule has 0 aromatic carbocycles. The average Bonchev–Trinajstić information content (AvgIpc) is 2.58. The Morgan fingerprint density at radius 1 is 1.38 bits per heavy atom. The van der Waals surface area contributed by atoms with Crippen LogP contribution >= 0.6 is 0 Å². The fourth-order valence-electron chi connectivity index (χ4n) is 2.03. The molecule has 0 spiro atoms. The molecular weight excluding hydrogens is 162 g/mol. The van der Waals surface area contributed by atoms with Crippen molar-refractivity contribution in [3.63, 3.8) is 0 Å². The van der Waals surface area contributed by atoms with E-state index in [4.69, 9.17) is 5.11 Å². The molecule has 1 unspecified atom stereocenters. The van der Waals surface area contributed by atoms with Crippen LogP contribution in [0.3, 0.4) is 0 Å². The lowest BCUT2D eigenvalue weighted by Crippen LogP contribution is -2.27. The van der Waals surface area contributed by atoms with Gasteiger partial charge in [-0.2, -0.15) is 0 Å². The Bertz CT molecular complexity index is 141. The molecule has 0 bridgehead atoms. The lowest BCUT2D eigenvalue weighted by atomic mass is 10.0. The summed E-state index contributed by atoms with van der Waals surface area (Å²) < 4.78 is 0. The van der Waals surface area contributed by atoms with Gasteiger partial charge in [0.1, 0.15) is 0 Å². The molecule has 1 heterocycles. The van der Waals surface area contributed by atoms with E-state index in [2.05, 4.69) is 11.5 Å². The standard InChI is InChI=1S/C11H21NO/c1-2-5-11(6-9-13)10-12-7-3-4-8-12/h2,11,13H,1,3-10H2. The van der Waals surface area contributed by atoms with Crippen LogP contribution in [0.1, 0.15) is 25.7 Å². The minimum Gasteiger partial charge on any atom is -0.396 e. The second-order valence-electron chi connectivity index (χ2n) is 3.91.